The molecule has 3 nitrogen and oxygen atoms in total. The van der Waals surface area contributed by atoms with Gasteiger partial charge in [0, 0.05) is 12.7 Å². The van der Waals surface area contributed by atoms with Crippen LogP contribution in [0.5, 0.6) is 0 Å². The Bertz CT molecular complexity index is 531. The summed E-state index contributed by atoms with van der Waals surface area (Å²) in [5, 5.41) is 3.11. The third kappa shape index (κ3) is 2.53. The number of imidazole rings is 1. The predicted octanol–water partition coefficient (Wildman–Crippen LogP) is 2.92. The molecule has 0 atom stereocenters. The number of rotatable bonds is 4. The zero-order chi connectivity index (χ0) is 12.3. The molecule has 0 radical (unpaired) electrons. The van der Waals surface area contributed by atoms with Crippen LogP contribution in [0.25, 0.3) is 5.69 Å². The fourth-order valence-electron chi connectivity index (χ4n) is 1.61. The molecule has 0 aliphatic rings. The van der Waals surface area contributed by atoms with Crippen LogP contribution in [0.15, 0.2) is 43.1 Å². The molecule has 0 fully saturated rings. The van der Waals surface area contributed by atoms with Gasteiger partial charge < -0.3 is 5.32 Å². The van der Waals surface area contributed by atoms with Crippen LogP contribution in [0.2, 0.25) is 0 Å². The number of aromatic nitrogens is 2. The average Bonchev–Trinajstić information content (AvgIpc) is 2.68. The summed E-state index contributed by atoms with van der Waals surface area (Å²) in [7, 11) is 0. The summed E-state index contributed by atoms with van der Waals surface area (Å²) in [6, 6.07) is 6.41. The van der Waals surface area contributed by atoms with Crippen molar-refractivity contribution in [1.82, 2.24) is 9.55 Å². The van der Waals surface area contributed by atoms with Crippen molar-refractivity contribution in [2.45, 2.75) is 6.92 Å². The van der Waals surface area contributed by atoms with Gasteiger partial charge in [-0.05, 0) is 25.1 Å². The van der Waals surface area contributed by atoms with Gasteiger partial charge in [-0.1, -0.05) is 12.1 Å². The topological polar surface area (TPSA) is 29.9 Å². The maximum Gasteiger partial charge on any atom is 0.207 e. The van der Waals surface area contributed by atoms with Gasteiger partial charge in [-0.25, -0.2) is 9.37 Å². The minimum absolute atomic E-state index is 0.261. The maximum absolute atomic E-state index is 13.2. The first-order valence-corrected chi connectivity index (χ1v) is 5.37. The standard InChI is InChI=1S/C13H14FN3/c1-3-7-15-13-16-10(2)9-17(13)12-6-4-5-11(14)8-12/h3-6,8-9H,1,7H2,2H3,(H,15,16). The second kappa shape index (κ2) is 4.82. The third-order valence-corrected chi connectivity index (χ3v) is 2.32. The first-order chi connectivity index (χ1) is 8.20. The van der Waals surface area contributed by atoms with E-state index in [1.165, 1.54) is 12.1 Å². The number of anilines is 1. The Labute approximate surface area is 99.6 Å². The highest BCUT2D eigenvalue weighted by atomic mass is 19.1. The van der Waals surface area contributed by atoms with Gasteiger partial charge in [-0.3, -0.25) is 4.57 Å². The van der Waals surface area contributed by atoms with Gasteiger partial charge in [0.1, 0.15) is 5.82 Å². The van der Waals surface area contributed by atoms with Gasteiger partial charge in [-0.2, -0.15) is 0 Å². The van der Waals surface area contributed by atoms with E-state index in [0.717, 1.165) is 11.4 Å². The highest BCUT2D eigenvalue weighted by Gasteiger charge is 2.06. The summed E-state index contributed by atoms with van der Waals surface area (Å²) in [4.78, 5) is 4.34. The van der Waals surface area contributed by atoms with Crippen molar-refractivity contribution in [3.63, 3.8) is 0 Å². The van der Waals surface area contributed by atoms with Gasteiger partial charge in [0.05, 0.1) is 11.4 Å². The van der Waals surface area contributed by atoms with Crippen molar-refractivity contribution < 1.29 is 4.39 Å². The molecule has 2 aromatic rings. The summed E-state index contributed by atoms with van der Waals surface area (Å²) < 4.78 is 15.0. The fourth-order valence-corrected chi connectivity index (χ4v) is 1.61. The van der Waals surface area contributed by atoms with Crippen LogP contribution in [-0.4, -0.2) is 16.1 Å². The molecule has 0 saturated heterocycles. The van der Waals surface area contributed by atoms with Crippen molar-refractivity contribution in [2.24, 2.45) is 0 Å². The van der Waals surface area contributed by atoms with Crippen molar-refractivity contribution in [2.75, 3.05) is 11.9 Å². The first-order valence-electron chi connectivity index (χ1n) is 5.37. The van der Waals surface area contributed by atoms with E-state index < -0.39 is 0 Å². The fraction of sp³-hybridized carbons (Fsp3) is 0.154. The molecule has 88 valence electrons. The number of hydrogen-bond donors (Lipinski definition) is 1. The first kappa shape index (κ1) is 11.4. The van der Waals surface area contributed by atoms with Gasteiger partial charge >= 0.3 is 0 Å². The lowest BCUT2D eigenvalue weighted by Crippen LogP contribution is -2.05. The summed E-state index contributed by atoms with van der Waals surface area (Å²) in [6.45, 7) is 6.15. The van der Waals surface area contributed by atoms with Crippen molar-refractivity contribution in [3.8, 4) is 5.69 Å². The summed E-state index contributed by atoms with van der Waals surface area (Å²) >= 11 is 0. The molecule has 1 aromatic heterocycles. The van der Waals surface area contributed by atoms with E-state index in [9.17, 15) is 4.39 Å². The number of aryl methyl sites for hydroxylation is 1. The van der Waals surface area contributed by atoms with E-state index >= 15 is 0 Å². The summed E-state index contributed by atoms with van der Waals surface area (Å²) in [5.41, 5.74) is 1.62. The number of benzene rings is 1. The molecule has 1 aromatic carbocycles. The Kier molecular flexibility index (Phi) is 3.23. The number of nitrogens with one attached hydrogen (secondary N) is 1. The molecule has 17 heavy (non-hydrogen) atoms. The quantitative estimate of drug-likeness (QED) is 0.820. The molecule has 2 rings (SSSR count). The lowest BCUT2D eigenvalue weighted by atomic mass is 10.3. The van der Waals surface area contributed by atoms with Crippen LogP contribution in [0.4, 0.5) is 10.3 Å². The minimum atomic E-state index is -0.261. The molecule has 0 amide bonds. The second-order valence-electron chi connectivity index (χ2n) is 3.73. The number of hydrogen-bond acceptors (Lipinski definition) is 2. The lowest BCUT2D eigenvalue weighted by molar-refractivity contribution is 0.626. The van der Waals surface area contributed by atoms with Gasteiger partial charge in [0.15, 0.2) is 0 Å². The molecular weight excluding hydrogens is 217 g/mol. The largest absolute Gasteiger partial charge is 0.352 e. The molecule has 0 saturated carbocycles. The number of halogens is 1. The lowest BCUT2D eigenvalue weighted by Gasteiger charge is -2.08. The van der Waals surface area contributed by atoms with E-state index in [1.54, 1.807) is 12.1 Å². The Balaban J connectivity index is 2.40. The smallest absolute Gasteiger partial charge is 0.207 e. The average molecular weight is 231 g/mol. The second-order valence-corrected chi connectivity index (χ2v) is 3.73. The zero-order valence-corrected chi connectivity index (χ0v) is 9.65. The van der Waals surface area contributed by atoms with Crippen molar-refractivity contribution in [3.05, 3.63) is 54.6 Å². The maximum atomic E-state index is 13.2. The molecule has 0 spiro atoms. The van der Waals surface area contributed by atoms with E-state index in [4.69, 9.17) is 0 Å². The molecule has 0 bridgehead atoms. The van der Waals surface area contributed by atoms with Crippen molar-refractivity contribution >= 4 is 5.95 Å². The monoisotopic (exact) mass is 231 g/mol. The normalized spacial score (nSPS) is 10.2. The van der Waals surface area contributed by atoms with E-state index in [0.29, 0.717) is 12.5 Å². The third-order valence-electron chi connectivity index (χ3n) is 2.32. The molecule has 0 aliphatic carbocycles. The highest BCUT2D eigenvalue weighted by Crippen LogP contribution is 2.17. The molecule has 1 N–H and O–H groups in total. The minimum Gasteiger partial charge on any atom is -0.352 e. The predicted molar refractivity (Wildman–Crippen MR) is 66.9 cm³/mol. The SMILES string of the molecule is C=CCNc1nc(C)cn1-c1cccc(F)c1. The van der Waals surface area contributed by atoms with E-state index in [2.05, 4.69) is 16.9 Å². The summed E-state index contributed by atoms with van der Waals surface area (Å²) in [6.07, 6.45) is 3.61. The highest BCUT2D eigenvalue weighted by molar-refractivity contribution is 5.43. The van der Waals surface area contributed by atoms with Gasteiger partial charge in [-0.15, -0.1) is 6.58 Å². The van der Waals surface area contributed by atoms with Crippen LogP contribution in [-0.2, 0) is 0 Å². The summed E-state index contributed by atoms with van der Waals surface area (Å²) in [5.74, 6) is 0.427. The van der Waals surface area contributed by atoms with E-state index in [-0.39, 0.29) is 5.82 Å². The van der Waals surface area contributed by atoms with Crippen LogP contribution in [0, 0.1) is 12.7 Å². The Hall–Kier alpha value is -2.10. The van der Waals surface area contributed by atoms with Crippen LogP contribution < -0.4 is 5.32 Å². The van der Waals surface area contributed by atoms with Crippen molar-refractivity contribution in [1.29, 1.82) is 0 Å². The molecule has 1 heterocycles. The zero-order valence-electron chi connectivity index (χ0n) is 9.65. The van der Waals surface area contributed by atoms with Crippen LogP contribution in [0.3, 0.4) is 0 Å². The Morgan fingerprint density at radius 2 is 2.35 bits per heavy atom. The van der Waals surface area contributed by atoms with Crippen LogP contribution in [0.1, 0.15) is 5.69 Å². The molecule has 4 heteroatoms. The van der Waals surface area contributed by atoms with Gasteiger partial charge in [0.2, 0.25) is 5.95 Å². The Morgan fingerprint density at radius 1 is 1.53 bits per heavy atom. The van der Waals surface area contributed by atoms with E-state index in [1.807, 2.05) is 23.8 Å². The van der Waals surface area contributed by atoms with Crippen LogP contribution >= 0.6 is 0 Å². The number of nitrogens with zero attached hydrogens (tertiary/aromatic N) is 2. The molecular formula is C13H14FN3. The Morgan fingerprint density at radius 3 is 3.06 bits per heavy atom. The molecule has 0 aliphatic heterocycles. The molecule has 0 unspecified atom stereocenters. The van der Waals surface area contributed by atoms with Gasteiger partial charge in [0.25, 0.3) is 0 Å².